The van der Waals surface area contributed by atoms with E-state index in [0.717, 1.165) is 4.47 Å². The molecule has 0 saturated carbocycles. The summed E-state index contributed by atoms with van der Waals surface area (Å²) in [7, 11) is -0.0333. The summed E-state index contributed by atoms with van der Waals surface area (Å²) in [6, 6.07) is 3.43. The van der Waals surface area contributed by atoms with E-state index in [-0.39, 0.29) is 17.4 Å². The highest BCUT2D eigenvalue weighted by Crippen LogP contribution is 2.32. The minimum Gasteiger partial charge on any atom is -0.493 e. The van der Waals surface area contributed by atoms with Crippen LogP contribution < -0.4 is 14.9 Å². The summed E-state index contributed by atoms with van der Waals surface area (Å²) in [6.07, 6.45) is 1.79. The lowest BCUT2D eigenvalue weighted by molar-refractivity contribution is -0.124. The monoisotopic (exact) mass is 404 g/mol. The maximum atomic E-state index is 11.9. The number of benzene rings is 1. The van der Waals surface area contributed by atoms with Crippen LogP contribution in [0.1, 0.15) is 12.0 Å². The van der Waals surface area contributed by atoms with E-state index in [1.165, 1.54) is 20.4 Å². The molecule has 7 nitrogen and oxygen atoms in total. The summed E-state index contributed by atoms with van der Waals surface area (Å²) < 4.78 is 33.8. The topological polar surface area (TPSA) is 94.1 Å². The van der Waals surface area contributed by atoms with E-state index in [1.54, 1.807) is 12.1 Å². The summed E-state index contributed by atoms with van der Waals surface area (Å²) in [5.41, 5.74) is 3.06. The number of sulfone groups is 1. The van der Waals surface area contributed by atoms with E-state index in [4.69, 9.17) is 9.47 Å². The van der Waals surface area contributed by atoms with Gasteiger partial charge in [-0.05, 0) is 34.5 Å². The third-order valence-electron chi connectivity index (χ3n) is 3.48. The molecule has 0 unspecified atom stereocenters. The number of halogens is 1. The van der Waals surface area contributed by atoms with Gasteiger partial charge in [0, 0.05) is 10.0 Å². The van der Waals surface area contributed by atoms with Gasteiger partial charge in [-0.3, -0.25) is 4.79 Å². The molecule has 1 aromatic rings. The molecule has 2 rings (SSSR count). The summed E-state index contributed by atoms with van der Waals surface area (Å²) in [4.78, 5) is 11.9. The van der Waals surface area contributed by atoms with Crippen molar-refractivity contribution < 1.29 is 22.7 Å². The Hall–Kier alpha value is -1.61. The zero-order valence-corrected chi connectivity index (χ0v) is 15.1. The smallest absolute Gasteiger partial charge is 0.244 e. The lowest BCUT2D eigenvalue weighted by Crippen LogP contribution is -2.27. The molecule has 1 N–H and O–H groups in total. The highest BCUT2D eigenvalue weighted by molar-refractivity contribution is 9.10. The van der Waals surface area contributed by atoms with Crippen molar-refractivity contribution in [3.05, 3.63) is 22.2 Å². The van der Waals surface area contributed by atoms with Crippen molar-refractivity contribution in [1.82, 2.24) is 5.43 Å². The first-order chi connectivity index (χ1) is 10.9. The van der Waals surface area contributed by atoms with Crippen LogP contribution in [-0.2, 0) is 14.6 Å². The summed E-state index contributed by atoms with van der Waals surface area (Å²) >= 11 is 3.38. The number of carbonyl (C=O) groups is 1. The Balaban J connectivity index is 2.05. The number of nitrogens with zero attached hydrogens (tertiary/aromatic N) is 1. The predicted octanol–water partition coefficient (Wildman–Crippen LogP) is 1.35. The predicted molar refractivity (Wildman–Crippen MR) is 89.7 cm³/mol. The first-order valence-corrected chi connectivity index (χ1v) is 9.42. The van der Waals surface area contributed by atoms with Crippen LogP contribution in [-0.4, -0.2) is 46.3 Å². The minimum atomic E-state index is -3.09. The van der Waals surface area contributed by atoms with Crippen molar-refractivity contribution >= 4 is 37.9 Å². The van der Waals surface area contributed by atoms with Crippen LogP contribution in [0.2, 0.25) is 0 Å². The number of methoxy groups -OCH3 is 2. The molecule has 9 heteroatoms. The Kier molecular flexibility index (Phi) is 5.64. The number of hydrogen-bond acceptors (Lipinski definition) is 6. The van der Waals surface area contributed by atoms with E-state index >= 15 is 0 Å². The van der Waals surface area contributed by atoms with Crippen molar-refractivity contribution in [2.75, 3.05) is 25.7 Å². The quantitative estimate of drug-likeness (QED) is 0.590. The number of carbonyl (C=O) groups excluding carboxylic acids is 1. The molecule has 0 radical (unpaired) electrons. The van der Waals surface area contributed by atoms with Gasteiger partial charge in [0.2, 0.25) is 5.91 Å². The molecular weight excluding hydrogens is 388 g/mol. The molecule has 0 aromatic heterocycles. The minimum absolute atomic E-state index is 0.0516. The van der Waals surface area contributed by atoms with Crippen LogP contribution in [0.15, 0.2) is 21.7 Å². The van der Waals surface area contributed by atoms with Gasteiger partial charge in [0.15, 0.2) is 21.3 Å². The second-order valence-corrected chi connectivity index (χ2v) is 8.15. The van der Waals surface area contributed by atoms with Crippen molar-refractivity contribution in [1.29, 1.82) is 0 Å². The van der Waals surface area contributed by atoms with Gasteiger partial charge in [-0.1, -0.05) is 0 Å². The maximum Gasteiger partial charge on any atom is 0.244 e. The van der Waals surface area contributed by atoms with Gasteiger partial charge in [0.05, 0.1) is 37.9 Å². The molecule has 0 spiro atoms. The van der Waals surface area contributed by atoms with E-state index < -0.39 is 15.8 Å². The number of rotatable bonds is 5. The number of hydrogen-bond donors (Lipinski definition) is 1. The van der Waals surface area contributed by atoms with Gasteiger partial charge in [-0.25, -0.2) is 13.8 Å². The van der Waals surface area contributed by atoms with E-state index in [2.05, 4.69) is 26.5 Å². The zero-order chi connectivity index (χ0) is 17.0. The van der Waals surface area contributed by atoms with Crippen LogP contribution in [0, 0.1) is 5.92 Å². The second kappa shape index (κ2) is 7.31. The van der Waals surface area contributed by atoms with Crippen molar-refractivity contribution in [2.24, 2.45) is 11.0 Å². The van der Waals surface area contributed by atoms with E-state index in [9.17, 15) is 13.2 Å². The summed E-state index contributed by atoms with van der Waals surface area (Å²) in [5, 5.41) is 3.88. The van der Waals surface area contributed by atoms with Crippen LogP contribution >= 0.6 is 15.9 Å². The third-order valence-corrected chi connectivity index (χ3v) is 5.94. The van der Waals surface area contributed by atoms with Gasteiger partial charge in [0.1, 0.15) is 0 Å². The Labute approximate surface area is 143 Å². The molecule has 1 heterocycles. The standard InChI is InChI=1S/C14H17BrN2O5S/c1-21-12-5-10(11(15)6-13(12)22-2)7-16-17-14(18)9-3-4-23(19,20)8-9/h5-7,9H,3-4,8H2,1-2H3,(H,17,18)/b16-7-/t9-/m1/s1. The molecule has 1 aliphatic rings. The molecule has 0 bridgehead atoms. The van der Waals surface area contributed by atoms with E-state index in [0.29, 0.717) is 23.5 Å². The van der Waals surface area contributed by atoms with Gasteiger partial charge in [-0.15, -0.1) is 0 Å². The first-order valence-electron chi connectivity index (χ1n) is 6.81. The van der Waals surface area contributed by atoms with Crippen LogP contribution in [0.5, 0.6) is 11.5 Å². The van der Waals surface area contributed by atoms with Crippen LogP contribution in [0.4, 0.5) is 0 Å². The number of hydrazone groups is 1. The van der Waals surface area contributed by atoms with Crippen molar-refractivity contribution in [2.45, 2.75) is 6.42 Å². The number of nitrogens with one attached hydrogen (secondary N) is 1. The Morgan fingerprint density at radius 1 is 1.35 bits per heavy atom. The fourth-order valence-electron chi connectivity index (χ4n) is 2.23. The Bertz CT molecular complexity index is 733. The second-order valence-electron chi connectivity index (χ2n) is 5.06. The largest absolute Gasteiger partial charge is 0.493 e. The molecule has 23 heavy (non-hydrogen) atoms. The molecule has 1 fully saturated rings. The highest BCUT2D eigenvalue weighted by atomic mass is 79.9. The lowest BCUT2D eigenvalue weighted by Gasteiger charge is -2.09. The lowest BCUT2D eigenvalue weighted by atomic mass is 10.1. The number of ether oxygens (including phenoxy) is 2. The van der Waals surface area contributed by atoms with Crippen molar-refractivity contribution in [3.8, 4) is 11.5 Å². The van der Waals surface area contributed by atoms with E-state index in [1.807, 2.05) is 0 Å². The molecule has 0 aliphatic carbocycles. The average Bonchev–Trinajstić information content (AvgIpc) is 2.88. The van der Waals surface area contributed by atoms with Gasteiger partial charge < -0.3 is 9.47 Å². The zero-order valence-electron chi connectivity index (χ0n) is 12.7. The SMILES string of the molecule is COc1cc(Br)c(/C=N\NC(=O)[C@@H]2CCS(=O)(=O)C2)cc1OC. The first kappa shape index (κ1) is 17.7. The molecule has 1 aliphatic heterocycles. The van der Waals surface area contributed by atoms with Gasteiger partial charge in [0.25, 0.3) is 0 Å². The molecule has 1 saturated heterocycles. The van der Waals surface area contributed by atoms with Crippen molar-refractivity contribution in [3.63, 3.8) is 0 Å². The molecular formula is C14H17BrN2O5S. The van der Waals surface area contributed by atoms with Gasteiger partial charge >= 0.3 is 0 Å². The summed E-state index contributed by atoms with van der Waals surface area (Å²) in [6.45, 7) is 0. The molecule has 1 atom stereocenters. The fraction of sp³-hybridized carbons (Fsp3) is 0.429. The highest BCUT2D eigenvalue weighted by Gasteiger charge is 2.32. The maximum absolute atomic E-state index is 11.9. The average molecular weight is 405 g/mol. The van der Waals surface area contributed by atoms with Gasteiger partial charge in [-0.2, -0.15) is 5.10 Å². The fourth-order valence-corrected chi connectivity index (χ4v) is 4.39. The normalized spacial score (nSPS) is 19.7. The van der Waals surface area contributed by atoms with Crippen LogP contribution in [0.25, 0.3) is 0 Å². The summed E-state index contributed by atoms with van der Waals surface area (Å²) in [5.74, 6) is 0.108. The molecule has 1 aromatic carbocycles. The number of amides is 1. The Morgan fingerprint density at radius 2 is 2.00 bits per heavy atom. The third kappa shape index (κ3) is 4.44. The molecule has 1 amide bonds. The Morgan fingerprint density at radius 3 is 2.57 bits per heavy atom. The molecule has 126 valence electrons. The van der Waals surface area contributed by atoms with Crippen LogP contribution in [0.3, 0.4) is 0 Å².